The molecule has 0 aliphatic carbocycles. The first kappa shape index (κ1) is 25.0. The number of ether oxygens (including phenoxy) is 2. The third kappa shape index (κ3) is 5.43. The van der Waals surface area contributed by atoms with E-state index in [1.807, 2.05) is 12.1 Å². The van der Waals surface area contributed by atoms with E-state index in [0.29, 0.717) is 17.7 Å². The van der Waals surface area contributed by atoms with Crippen LogP contribution in [0.4, 0.5) is 13.2 Å². The molecule has 0 aliphatic heterocycles. The number of hydrogen-bond donors (Lipinski definition) is 0. The van der Waals surface area contributed by atoms with Crippen LogP contribution in [0.15, 0.2) is 78.9 Å². The quantitative estimate of drug-likeness (QED) is 0.185. The Morgan fingerprint density at radius 1 is 0.750 bits per heavy atom. The van der Waals surface area contributed by atoms with E-state index in [4.69, 9.17) is 9.47 Å². The van der Waals surface area contributed by atoms with Gasteiger partial charge >= 0.3 is 5.97 Å². The Balaban J connectivity index is 1.50. The zero-order valence-electron chi connectivity index (χ0n) is 20.0. The van der Waals surface area contributed by atoms with Crippen molar-refractivity contribution in [2.24, 2.45) is 0 Å². The lowest BCUT2D eigenvalue weighted by molar-refractivity contribution is 0.0734. The van der Waals surface area contributed by atoms with Crippen LogP contribution < -0.4 is 9.47 Å². The number of carbonyl (C=O) groups is 1. The molecule has 4 aromatic rings. The minimum absolute atomic E-state index is 0.0199. The molecule has 3 nitrogen and oxygen atoms in total. The molecule has 0 aliphatic rings. The van der Waals surface area contributed by atoms with Gasteiger partial charge in [-0.25, -0.2) is 18.0 Å². The summed E-state index contributed by atoms with van der Waals surface area (Å²) in [5, 5.41) is 0. The molecule has 0 unspecified atom stereocenters. The topological polar surface area (TPSA) is 35.5 Å². The highest BCUT2D eigenvalue weighted by molar-refractivity contribution is 5.91. The summed E-state index contributed by atoms with van der Waals surface area (Å²) in [5.74, 6) is -3.07. The molecule has 0 bridgehead atoms. The first-order valence-electron chi connectivity index (χ1n) is 11.7. The van der Waals surface area contributed by atoms with Crippen LogP contribution in [0, 0.1) is 17.5 Å². The average molecular weight is 491 g/mol. The van der Waals surface area contributed by atoms with Crippen molar-refractivity contribution in [1.29, 1.82) is 0 Å². The highest BCUT2D eigenvalue weighted by atomic mass is 19.2. The van der Waals surface area contributed by atoms with Gasteiger partial charge < -0.3 is 9.47 Å². The van der Waals surface area contributed by atoms with Gasteiger partial charge in [-0.15, -0.1) is 0 Å². The van der Waals surface area contributed by atoms with Crippen LogP contribution in [0.1, 0.15) is 36.2 Å². The van der Waals surface area contributed by atoms with Crippen molar-refractivity contribution >= 4 is 5.97 Å². The molecule has 0 N–H and O–H groups in total. The lowest BCUT2D eigenvalue weighted by Crippen LogP contribution is -2.09. The zero-order chi connectivity index (χ0) is 25.7. The molecule has 0 radical (unpaired) electrons. The molecule has 0 spiro atoms. The van der Waals surface area contributed by atoms with E-state index in [2.05, 4.69) is 6.92 Å². The summed E-state index contributed by atoms with van der Waals surface area (Å²) in [6.07, 6.45) is 1.94. The van der Waals surface area contributed by atoms with E-state index in [9.17, 15) is 18.0 Å². The smallest absolute Gasteiger partial charge is 0.343 e. The maximum Gasteiger partial charge on any atom is 0.343 e. The number of benzene rings is 4. The van der Waals surface area contributed by atoms with Crippen molar-refractivity contribution < 1.29 is 27.4 Å². The number of halogens is 3. The second-order valence-corrected chi connectivity index (χ2v) is 8.23. The Bertz CT molecular complexity index is 1360. The third-order valence-electron chi connectivity index (χ3n) is 5.73. The predicted octanol–water partition coefficient (Wildman–Crippen LogP) is 8.01. The lowest BCUT2D eigenvalue weighted by Gasteiger charge is -2.11. The van der Waals surface area contributed by atoms with E-state index in [1.54, 1.807) is 25.1 Å². The van der Waals surface area contributed by atoms with Gasteiger partial charge in [0.25, 0.3) is 0 Å². The highest BCUT2D eigenvalue weighted by Gasteiger charge is 2.17. The van der Waals surface area contributed by atoms with Crippen LogP contribution in [0.5, 0.6) is 11.5 Å². The number of esters is 1. The summed E-state index contributed by atoms with van der Waals surface area (Å²) in [6, 6.07) is 20.3. The molecular formula is C30H25F3O3. The normalized spacial score (nSPS) is 10.8. The molecule has 0 fully saturated rings. The lowest BCUT2D eigenvalue weighted by atomic mass is 9.97. The van der Waals surface area contributed by atoms with Crippen molar-refractivity contribution in [2.75, 3.05) is 6.61 Å². The SMILES string of the molecule is CCCc1ccc(-c2ccc(-c3ccc(OC(=O)c4ccc(OCC)c(F)c4)cc3)c(F)c2F)cc1. The van der Waals surface area contributed by atoms with E-state index in [1.165, 1.54) is 42.5 Å². The van der Waals surface area contributed by atoms with Crippen LogP contribution in [-0.2, 0) is 6.42 Å². The molecule has 4 aromatic carbocycles. The van der Waals surface area contributed by atoms with Gasteiger partial charge in [-0.05, 0) is 60.4 Å². The predicted molar refractivity (Wildman–Crippen MR) is 134 cm³/mol. The van der Waals surface area contributed by atoms with Crippen molar-refractivity contribution in [3.8, 4) is 33.8 Å². The van der Waals surface area contributed by atoms with Crippen molar-refractivity contribution in [2.45, 2.75) is 26.7 Å². The fraction of sp³-hybridized carbons (Fsp3) is 0.167. The molecule has 0 atom stereocenters. The summed E-state index contributed by atoms with van der Waals surface area (Å²) < 4.78 is 54.4. The number of carbonyl (C=O) groups excluding carboxylic acids is 1. The van der Waals surface area contributed by atoms with Crippen molar-refractivity contribution in [1.82, 2.24) is 0 Å². The van der Waals surface area contributed by atoms with Crippen LogP contribution in [0.3, 0.4) is 0 Å². The van der Waals surface area contributed by atoms with Crippen molar-refractivity contribution in [3.63, 3.8) is 0 Å². The van der Waals surface area contributed by atoms with Crippen LogP contribution in [-0.4, -0.2) is 12.6 Å². The second-order valence-electron chi connectivity index (χ2n) is 8.23. The standard InChI is InChI=1S/C30H25F3O3/c1-3-5-19-6-8-20(9-7-19)24-15-16-25(29(33)28(24)32)21-10-13-23(14-11-21)36-30(34)22-12-17-27(35-4-2)26(31)18-22/h6-18H,3-5H2,1-2H3. The Morgan fingerprint density at radius 3 is 1.86 bits per heavy atom. The number of hydrogen-bond acceptors (Lipinski definition) is 3. The molecular weight excluding hydrogens is 465 g/mol. The van der Waals surface area contributed by atoms with Gasteiger partial charge in [0.2, 0.25) is 0 Å². The minimum atomic E-state index is -0.959. The summed E-state index contributed by atoms with van der Waals surface area (Å²) in [5.41, 5.74) is 2.46. The fourth-order valence-corrected chi connectivity index (χ4v) is 3.90. The van der Waals surface area contributed by atoms with E-state index >= 15 is 0 Å². The Labute approximate surface area is 208 Å². The van der Waals surface area contributed by atoms with E-state index in [0.717, 1.165) is 24.5 Å². The summed E-state index contributed by atoms with van der Waals surface area (Å²) in [4.78, 5) is 12.4. The van der Waals surface area contributed by atoms with Crippen molar-refractivity contribution in [3.05, 3.63) is 107 Å². The Kier molecular flexibility index (Phi) is 7.74. The molecule has 0 aromatic heterocycles. The van der Waals surface area contributed by atoms with Crippen LogP contribution in [0.2, 0.25) is 0 Å². The monoisotopic (exact) mass is 490 g/mol. The Morgan fingerprint density at radius 2 is 1.33 bits per heavy atom. The first-order valence-corrected chi connectivity index (χ1v) is 11.7. The van der Waals surface area contributed by atoms with Gasteiger partial charge in [0.1, 0.15) is 5.75 Å². The maximum absolute atomic E-state index is 15.0. The summed E-state index contributed by atoms with van der Waals surface area (Å²) in [6.45, 7) is 4.11. The molecule has 36 heavy (non-hydrogen) atoms. The molecule has 0 saturated carbocycles. The third-order valence-corrected chi connectivity index (χ3v) is 5.73. The number of rotatable bonds is 8. The fourth-order valence-electron chi connectivity index (χ4n) is 3.90. The molecule has 0 saturated heterocycles. The van der Waals surface area contributed by atoms with Gasteiger partial charge in [-0.2, -0.15) is 0 Å². The first-order chi connectivity index (χ1) is 17.4. The summed E-state index contributed by atoms with van der Waals surface area (Å²) >= 11 is 0. The molecule has 6 heteroatoms. The molecule has 184 valence electrons. The minimum Gasteiger partial charge on any atom is -0.491 e. The van der Waals surface area contributed by atoms with Crippen LogP contribution in [0.25, 0.3) is 22.3 Å². The molecule has 4 rings (SSSR count). The van der Waals surface area contributed by atoms with Gasteiger partial charge in [0.15, 0.2) is 23.2 Å². The van der Waals surface area contributed by atoms with Gasteiger partial charge in [-0.3, -0.25) is 0 Å². The zero-order valence-corrected chi connectivity index (χ0v) is 20.0. The summed E-state index contributed by atoms with van der Waals surface area (Å²) in [7, 11) is 0. The van der Waals surface area contributed by atoms with E-state index < -0.39 is 23.4 Å². The molecule has 0 amide bonds. The number of aryl methyl sites for hydroxylation is 1. The van der Waals surface area contributed by atoms with Crippen LogP contribution >= 0.6 is 0 Å². The molecule has 0 heterocycles. The Hall–Kier alpha value is -4.06. The van der Waals surface area contributed by atoms with Gasteiger partial charge in [0.05, 0.1) is 12.2 Å². The highest BCUT2D eigenvalue weighted by Crippen LogP contribution is 2.32. The largest absolute Gasteiger partial charge is 0.491 e. The van der Waals surface area contributed by atoms with Gasteiger partial charge in [0, 0.05) is 11.1 Å². The van der Waals surface area contributed by atoms with E-state index in [-0.39, 0.29) is 28.2 Å². The van der Waals surface area contributed by atoms with Gasteiger partial charge in [-0.1, -0.05) is 61.9 Å². The second kappa shape index (κ2) is 11.1. The average Bonchev–Trinajstić information content (AvgIpc) is 2.88. The maximum atomic E-state index is 15.0.